The van der Waals surface area contributed by atoms with Crippen LogP contribution < -0.4 is 5.32 Å². The van der Waals surface area contributed by atoms with E-state index in [1.165, 1.54) is 13.2 Å². The Balaban J connectivity index is 1.38. The van der Waals surface area contributed by atoms with Gasteiger partial charge in [0.05, 0.1) is 18.1 Å². The number of hydrogen-bond donors (Lipinski definition) is 1. The summed E-state index contributed by atoms with van der Waals surface area (Å²) in [5.74, 6) is -0.0655. The predicted molar refractivity (Wildman–Crippen MR) is 112 cm³/mol. The van der Waals surface area contributed by atoms with E-state index >= 15 is 0 Å². The molecular formula is C24H27FN2O3. The van der Waals surface area contributed by atoms with E-state index in [2.05, 4.69) is 5.32 Å². The van der Waals surface area contributed by atoms with E-state index in [1.54, 1.807) is 24.3 Å². The van der Waals surface area contributed by atoms with Crippen molar-refractivity contribution in [3.63, 3.8) is 0 Å². The highest BCUT2D eigenvalue weighted by atomic mass is 19.1. The molecule has 1 amide bonds. The van der Waals surface area contributed by atoms with Gasteiger partial charge in [-0.2, -0.15) is 0 Å². The van der Waals surface area contributed by atoms with Crippen molar-refractivity contribution >= 4 is 11.9 Å². The Hall–Kier alpha value is -2.73. The van der Waals surface area contributed by atoms with Crippen LogP contribution in [-0.2, 0) is 22.4 Å². The van der Waals surface area contributed by atoms with Crippen LogP contribution in [-0.4, -0.2) is 50.1 Å². The van der Waals surface area contributed by atoms with E-state index in [-0.39, 0.29) is 17.7 Å². The molecule has 2 aliphatic heterocycles. The fraction of sp³-hybridized carbons (Fsp3) is 0.417. The lowest BCUT2D eigenvalue weighted by Gasteiger charge is -2.43. The van der Waals surface area contributed by atoms with Gasteiger partial charge in [0.2, 0.25) is 5.91 Å². The van der Waals surface area contributed by atoms with Gasteiger partial charge >= 0.3 is 5.97 Å². The Morgan fingerprint density at radius 1 is 1.17 bits per heavy atom. The largest absolute Gasteiger partial charge is 0.465 e. The molecule has 0 radical (unpaired) electrons. The molecule has 1 atom stereocenters. The number of nitrogens with zero attached hydrogens (tertiary/aromatic N) is 1. The van der Waals surface area contributed by atoms with Crippen LogP contribution >= 0.6 is 0 Å². The van der Waals surface area contributed by atoms with Crippen molar-refractivity contribution in [1.29, 1.82) is 0 Å². The van der Waals surface area contributed by atoms with Crippen LogP contribution in [0.15, 0.2) is 48.5 Å². The third kappa shape index (κ3) is 4.10. The van der Waals surface area contributed by atoms with Crippen molar-refractivity contribution in [2.75, 3.05) is 33.3 Å². The predicted octanol–water partition coefficient (Wildman–Crippen LogP) is 2.84. The van der Waals surface area contributed by atoms with Gasteiger partial charge < -0.3 is 15.0 Å². The van der Waals surface area contributed by atoms with E-state index in [0.717, 1.165) is 31.5 Å². The summed E-state index contributed by atoms with van der Waals surface area (Å²) in [4.78, 5) is 26.9. The number of methoxy groups -OCH3 is 1. The second kappa shape index (κ2) is 8.56. The number of halogens is 1. The Bertz CT molecular complexity index is 924. The van der Waals surface area contributed by atoms with Gasteiger partial charge in [-0.25, -0.2) is 9.18 Å². The lowest BCUT2D eigenvalue weighted by molar-refractivity contribution is -0.144. The molecule has 1 N–H and O–H groups in total. The number of carbonyl (C=O) groups is 2. The van der Waals surface area contributed by atoms with Crippen LogP contribution in [0.25, 0.3) is 0 Å². The molecule has 4 rings (SSSR count). The second-order valence-electron chi connectivity index (χ2n) is 8.45. The SMILES string of the molecule is COC(=O)c1ccc(CC2CCN(C(=O)C3(Cc4ccccc4F)CNC3)C2)cc1. The normalized spacial score (nSPS) is 19.9. The van der Waals surface area contributed by atoms with Crippen molar-refractivity contribution in [3.8, 4) is 0 Å². The minimum Gasteiger partial charge on any atom is -0.465 e. The summed E-state index contributed by atoms with van der Waals surface area (Å²) in [5, 5.41) is 3.21. The summed E-state index contributed by atoms with van der Waals surface area (Å²) in [7, 11) is 1.37. The third-order valence-electron chi connectivity index (χ3n) is 6.34. The quantitative estimate of drug-likeness (QED) is 0.744. The van der Waals surface area contributed by atoms with Gasteiger partial charge in [0.1, 0.15) is 5.82 Å². The molecule has 2 aliphatic rings. The first kappa shape index (κ1) is 20.5. The zero-order valence-corrected chi connectivity index (χ0v) is 17.2. The lowest BCUT2D eigenvalue weighted by atomic mass is 9.75. The van der Waals surface area contributed by atoms with Crippen molar-refractivity contribution < 1.29 is 18.7 Å². The van der Waals surface area contributed by atoms with Gasteiger partial charge in [0.15, 0.2) is 0 Å². The lowest BCUT2D eigenvalue weighted by Crippen LogP contribution is -2.63. The summed E-state index contributed by atoms with van der Waals surface area (Å²) in [6.07, 6.45) is 2.25. The topological polar surface area (TPSA) is 58.6 Å². The number of amides is 1. The van der Waals surface area contributed by atoms with Crippen molar-refractivity contribution in [1.82, 2.24) is 10.2 Å². The molecule has 5 nitrogen and oxygen atoms in total. The summed E-state index contributed by atoms with van der Waals surface area (Å²) in [6.45, 7) is 2.64. The first-order chi connectivity index (χ1) is 14.5. The Morgan fingerprint density at radius 2 is 1.90 bits per heavy atom. The van der Waals surface area contributed by atoms with Crippen LogP contribution in [0.1, 0.15) is 27.9 Å². The number of carbonyl (C=O) groups excluding carboxylic acids is 2. The standard InChI is InChI=1S/C24H27FN2O3/c1-30-22(28)19-8-6-17(7-9-19)12-18-10-11-27(14-18)23(29)24(15-26-16-24)13-20-4-2-3-5-21(20)25/h2-9,18,26H,10-16H2,1H3. The second-order valence-corrected chi connectivity index (χ2v) is 8.45. The summed E-state index contributed by atoms with van der Waals surface area (Å²) in [5.41, 5.74) is 1.75. The number of benzene rings is 2. The molecule has 0 spiro atoms. The first-order valence-electron chi connectivity index (χ1n) is 10.4. The van der Waals surface area contributed by atoms with Crippen LogP contribution in [0.2, 0.25) is 0 Å². The molecule has 30 heavy (non-hydrogen) atoms. The van der Waals surface area contributed by atoms with Gasteiger partial charge in [0.25, 0.3) is 0 Å². The maximum absolute atomic E-state index is 14.2. The number of nitrogens with one attached hydrogen (secondary N) is 1. The average Bonchev–Trinajstić information content (AvgIpc) is 3.20. The van der Waals surface area contributed by atoms with E-state index in [0.29, 0.717) is 36.6 Å². The van der Waals surface area contributed by atoms with Gasteiger partial charge in [0, 0.05) is 26.2 Å². The van der Waals surface area contributed by atoms with E-state index in [4.69, 9.17) is 4.74 Å². The Kier molecular flexibility index (Phi) is 5.86. The maximum Gasteiger partial charge on any atom is 0.337 e. The summed E-state index contributed by atoms with van der Waals surface area (Å²) < 4.78 is 18.9. The molecule has 2 fully saturated rings. The molecule has 6 heteroatoms. The van der Waals surface area contributed by atoms with Crippen molar-refractivity contribution in [2.24, 2.45) is 11.3 Å². The summed E-state index contributed by atoms with van der Waals surface area (Å²) >= 11 is 0. The zero-order chi connectivity index (χ0) is 21.1. The molecule has 2 aromatic carbocycles. The van der Waals surface area contributed by atoms with Crippen LogP contribution in [0, 0.1) is 17.2 Å². The Morgan fingerprint density at radius 3 is 2.53 bits per heavy atom. The first-order valence-corrected chi connectivity index (χ1v) is 10.4. The smallest absolute Gasteiger partial charge is 0.337 e. The minimum atomic E-state index is -0.542. The van der Waals surface area contributed by atoms with Gasteiger partial charge in [-0.3, -0.25) is 4.79 Å². The fourth-order valence-electron chi connectivity index (χ4n) is 4.53. The summed E-state index contributed by atoms with van der Waals surface area (Å²) in [6, 6.07) is 14.2. The van der Waals surface area contributed by atoms with Gasteiger partial charge in [-0.15, -0.1) is 0 Å². The van der Waals surface area contributed by atoms with Crippen LogP contribution in [0.3, 0.4) is 0 Å². The average molecular weight is 410 g/mol. The molecule has 2 saturated heterocycles. The number of hydrogen-bond acceptors (Lipinski definition) is 4. The van der Waals surface area contributed by atoms with E-state index in [1.807, 2.05) is 23.1 Å². The molecule has 0 bridgehead atoms. The van der Waals surface area contributed by atoms with Gasteiger partial charge in [-0.1, -0.05) is 30.3 Å². The molecule has 0 aliphatic carbocycles. The number of likely N-dealkylation sites (tertiary alicyclic amines) is 1. The van der Waals surface area contributed by atoms with E-state index < -0.39 is 5.41 Å². The van der Waals surface area contributed by atoms with Crippen LogP contribution in [0.5, 0.6) is 0 Å². The van der Waals surface area contributed by atoms with Gasteiger partial charge in [-0.05, 0) is 54.5 Å². The number of esters is 1. The Labute approximate surface area is 176 Å². The molecule has 2 aromatic rings. The maximum atomic E-state index is 14.2. The highest BCUT2D eigenvalue weighted by Crippen LogP contribution is 2.33. The molecule has 0 aromatic heterocycles. The molecule has 158 valence electrons. The molecule has 1 unspecified atom stereocenters. The van der Waals surface area contributed by atoms with Crippen molar-refractivity contribution in [3.05, 3.63) is 71.0 Å². The van der Waals surface area contributed by atoms with Crippen LogP contribution in [0.4, 0.5) is 4.39 Å². The van der Waals surface area contributed by atoms with Crippen molar-refractivity contribution in [2.45, 2.75) is 19.3 Å². The third-order valence-corrected chi connectivity index (χ3v) is 6.34. The van der Waals surface area contributed by atoms with E-state index in [9.17, 15) is 14.0 Å². The number of ether oxygens (including phenoxy) is 1. The number of rotatable bonds is 6. The molecular weight excluding hydrogens is 383 g/mol. The highest BCUT2D eigenvalue weighted by Gasteiger charge is 2.47. The zero-order valence-electron chi connectivity index (χ0n) is 17.2. The monoisotopic (exact) mass is 410 g/mol. The fourth-order valence-corrected chi connectivity index (χ4v) is 4.53. The minimum absolute atomic E-state index is 0.132. The highest BCUT2D eigenvalue weighted by molar-refractivity contribution is 5.89. The molecule has 0 saturated carbocycles. The molecule has 2 heterocycles.